The zero-order valence-electron chi connectivity index (χ0n) is 9.61. The van der Waals surface area contributed by atoms with Crippen molar-refractivity contribution in [1.29, 1.82) is 0 Å². The summed E-state index contributed by atoms with van der Waals surface area (Å²) in [5, 5.41) is 2.67. The van der Waals surface area contributed by atoms with Gasteiger partial charge in [-0.2, -0.15) is 0 Å². The Morgan fingerprint density at radius 2 is 2.12 bits per heavy atom. The fraction of sp³-hybridized carbons (Fsp3) is 0.900. The van der Waals surface area contributed by atoms with Crippen molar-refractivity contribution in [2.45, 2.75) is 19.3 Å². The van der Waals surface area contributed by atoms with Crippen molar-refractivity contribution >= 4 is 15.7 Å². The molecule has 1 aliphatic rings. The Hall–Kier alpha value is -0.620. The first-order valence-corrected chi connectivity index (χ1v) is 7.65. The molecule has 2 atom stereocenters. The van der Waals surface area contributed by atoms with Gasteiger partial charge in [-0.25, -0.2) is 8.42 Å². The Labute approximate surface area is 96.7 Å². The molecule has 2 unspecified atom stereocenters. The average molecular weight is 248 g/mol. The van der Waals surface area contributed by atoms with Crippen LogP contribution in [0, 0.1) is 11.8 Å². The highest BCUT2D eigenvalue weighted by molar-refractivity contribution is 7.90. The number of hydrogen-bond donors (Lipinski definition) is 2. The van der Waals surface area contributed by atoms with E-state index in [4.69, 9.17) is 5.73 Å². The van der Waals surface area contributed by atoms with Gasteiger partial charge in [-0.15, -0.1) is 0 Å². The highest BCUT2D eigenvalue weighted by Gasteiger charge is 2.31. The molecule has 6 heteroatoms. The van der Waals surface area contributed by atoms with Crippen LogP contribution >= 0.6 is 0 Å². The topological polar surface area (TPSA) is 89.3 Å². The van der Waals surface area contributed by atoms with Crippen LogP contribution in [0.3, 0.4) is 0 Å². The lowest BCUT2D eigenvalue weighted by molar-refractivity contribution is -0.125. The number of sulfone groups is 1. The molecule has 1 aliphatic carbocycles. The average Bonchev–Trinajstić information content (AvgIpc) is 2.63. The Bertz CT molecular complexity index is 340. The first-order valence-electron chi connectivity index (χ1n) is 5.59. The lowest BCUT2D eigenvalue weighted by atomic mass is 9.95. The molecule has 0 aromatic heterocycles. The van der Waals surface area contributed by atoms with Crippen molar-refractivity contribution in [3.8, 4) is 0 Å². The van der Waals surface area contributed by atoms with Crippen LogP contribution in [0.15, 0.2) is 0 Å². The van der Waals surface area contributed by atoms with Gasteiger partial charge in [-0.3, -0.25) is 4.79 Å². The Kier molecular flexibility index (Phi) is 4.73. The zero-order chi connectivity index (χ0) is 12.2. The van der Waals surface area contributed by atoms with Gasteiger partial charge in [0.2, 0.25) is 5.91 Å². The molecule has 0 radical (unpaired) electrons. The fourth-order valence-corrected chi connectivity index (χ4v) is 2.63. The van der Waals surface area contributed by atoms with Crippen LogP contribution in [-0.2, 0) is 14.6 Å². The molecule has 0 heterocycles. The molecule has 0 saturated heterocycles. The van der Waals surface area contributed by atoms with Gasteiger partial charge < -0.3 is 11.1 Å². The minimum atomic E-state index is -3.00. The molecule has 0 aromatic rings. The molecule has 3 N–H and O–H groups in total. The molecule has 94 valence electrons. The SMILES string of the molecule is CS(=O)(=O)CCNC(=O)C1CCCC1CN. The number of nitrogens with two attached hydrogens (primary N) is 1. The van der Waals surface area contributed by atoms with Crippen molar-refractivity contribution in [3.63, 3.8) is 0 Å². The van der Waals surface area contributed by atoms with Crippen LogP contribution in [0.4, 0.5) is 0 Å². The number of amides is 1. The van der Waals surface area contributed by atoms with E-state index in [2.05, 4.69) is 5.32 Å². The molecule has 0 spiro atoms. The largest absolute Gasteiger partial charge is 0.355 e. The summed E-state index contributed by atoms with van der Waals surface area (Å²) in [5.41, 5.74) is 5.58. The number of rotatable bonds is 5. The molecule has 0 bridgehead atoms. The first-order chi connectivity index (χ1) is 7.44. The summed E-state index contributed by atoms with van der Waals surface area (Å²) in [7, 11) is -3.00. The van der Waals surface area contributed by atoms with E-state index in [-0.39, 0.29) is 30.0 Å². The van der Waals surface area contributed by atoms with E-state index < -0.39 is 9.84 Å². The maximum atomic E-state index is 11.7. The smallest absolute Gasteiger partial charge is 0.223 e. The normalized spacial score (nSPS) is 25.6. The van der Waals surface area contributed by atoms with Crippen molar-refractivity contribution in [1.82, 2.24) is 5.32 Å². The van der Waals surface area contributed by atoms with E-state index in [1.165, 1.54) is 0 Å². The van der Waals surface area contributed by atoms with Crippen molar-refractivity contribution in [3.05, 3.63) is 0 Å². The van der Waals surface area contributed by atoms with E-state index in [1.807, 2.05) is 0 Å². The number of hydrogen-bond acceptors (Lipinski definition) is 4. The maximum Gasteiger partial charge on any atom is 0.223 e. The molecule has 1 amide bonds. The lowest BCUT2D eigenvalue weighted by Crippen LogP contribution is -2.37. The minimum absolute atomic E-state index is 0.00124. The molecular formula is C10H20N2O3S. The minimum Gasteiger partial charge on any atom is -0.355 e. The van der Waals surface area contributed by atoms with E-state index in [1.54, 1.807) is 0 Å². The van der Waals surface area contributed by atoms with Crippen LogP contribution in [-0.4, -0.2) is 39.4 Å². The number of nitrogens with one attached hydrogen (secondary N) is 1. The summed E-state index contributed by atoms with van der Waals surface area (Å²) >= 11 is 0. The number of carbonyl (C=O) groups is 1. The van der Waals surface area contributed by atoms with Crippen LogP contribution in [0.1, 0.15) is 19.3 Å². The van der Waals surface area contributed by atoms with E-state index in [9.17, 15) is 13.2 Å². The van der Waals surface area contributed by atoms with Crippen molar-refractivity contribution in [2.24, 2.45) is 17.6 Å². The second-order valence-electron chi connectivity index (χ2n) is 4.45. The summed E-state index contributed by atoms with van der Waals surface area (Å²) in [4.78, 5) is 11.7. The molecule has 0 aromatic carbocycles. The van der Waals surface area contributed by atoms with Gasteiger partial charge in [-0.05, 0) is 25.3 Å². The molecule has 1 rings (SSSR count). The third-order valence-corrected chi connectivity index (χ3v) is 4.02. The van der Waals surface area contributed by atoms with Gasteiger partial charge in [0.15, 0.2) is 0 Å². The van der Waals surface area contributed by atoms with Crippen molar-refractivity contribution in [2.75, 3.05) is 25.1 Å². The third-order valence-electron chi connectivity index (χ3n) is 3.07. The third kappa shape index (κ3) is 4.09. The van der Waals surface area contributed by atoms with E-state index in [0.717, 1.165) is 25.5 Å². The van der Waals surface area contributed by atoms with Crippen LogP contribution < -0.4 is 11.1 Å². The van der Waals surface area contributed by atoms with Crippen molar-refractivity contribution < 1.29 is 13.2 Å². The van der Waals surface area contributed by atoms with Gasteiger partial charge >= 0.3 is 0 Å². The van der Waals surface area contributed by atoms with Gasteiger partial charge in [0.1, 0.15) is 9.84 Å². The second kappa shape index (κ2) is 5.63. The summed E-state index contributed by atoms with van der Waals surface area (Å²) in [6, 6.07) is 0. The lowest BCUT2D eigenvalue weighted by Gasteiger charge is -2.17. The molecule has 5 nitrogen and oxygen atoms in total. The summed E-state index contributed by atoms with van der Waals surface area (Å²) < 4.78 is 21.8. The molecule has 1 saturated carbocycles. The Balaban J connectivity index is 2.35. The molecule has 0 aliphatic heterocycles. The van der Waals surface area contributed by atoms with Gasteiger partial charge in [0.05, 0.1) is 5.75 Å². The predicted octanol–water partition coefficient (Wildman–Crippen LogP) is -0.478. The highest BCUT2D eigenvalue weighted by atomic mass is 32.2. The molecule has 1 fully saturated rings. The van der Waals surface area contributed by atoms with Crippen LogP contribution in [0.25, 0.3) is 0 Å². The van der Waals surface area contributed by atoms with Gasteiger partial charge in [-0.1, -0.05) is 6.42 Å². The fourth-order valence-electron chi connectivity index (χ4n) is 2.15. The van der Waals surface area contributed by atoms with Crippen LogP contribution in [0.2, 0.25) is 0 Å². The maximum absolute atomic E-state index is 11.7. The van der Waals surface area contributed by atoms with E-state index >= 15 is 0 Å². The quantitative estimate of drug-likeness (QED) is 0.688. The standard InChI is InChI=1S/C10H20N2O3S/c1-16(14,15)6-5-12-10(13)9-4-2-3-8(9)7-11/h8-9H,2-7,11H2,1H3,(H,12,13). The highest BCUT2D eigenvalue weighted by Crippen LogP contribution is 2.30. The second-order valence-corrected chi connectivity index (χ2v) is 6.71. The summed E-state index contributed by atoms with van der Waals surface area (Å²) in [5.74, 6) is 0.193. The van der Waals surface area contributed by atoms with E-state index in [0.29, 0.717) is 6.54 Å². The number of carbonyl (C=O) groups excluding carboxylic acids is 1. The van der Waals surface area contributed by atoms with Crippen LogP contribution in [0.5, 0.6) is 0 Å². The predicted molar refractivity (Wildman–Crippen MR) is 62.6 cm³/mol. The first kappa shape index (κ1) is 13.4. The summed E-state index contributed by atoms with van der Waals surface area (Å²) in [6.45, 7) is 0.732. The molecule has 16 heavy (non-hydrogen) atoms. The Morgan fingerprint density at radius 1 is 1.44 bits per heavy atom. The zero-order valence-corrected chi connectivity index (χ0v) is 10.4. The van der Waals surface area contributed by atoms with Gasteiger partial charge in [0, 0.05) is 18.7 Å². The monoisotopic (exact) mass is 248 g/mol. The molecular weight excluding hydrogens is 228 g/mol. The summed E-state index contributed by atoms with van der Waals surface area (Å²) in [6.07, 6.45) is 4.07. The van der Waals surface area contributed by atoms with Gasteiger partial charge in [0.25, 0.3) is 0 Å². The Morgan fingerprint density at radius 3 is 2.69 bits per heavy atom.